The molecule has 96 valence electrons. The average Bonchev–Trinajstić information content (AvgIpc) is 3.05. The van der Waals surface area contributed by atoms with E-state index in [4.69, 9.17) is 10.5 Å². The maximum absolute atomic E-state index is 5.85. The Morgan fingerprint density at radius 3 is 2.62 bits per heavy atom. The normalized spacial score (nSPS) is 15.8. The van der Waals surface area contributed by atoms with E-state index < -0.39 is 0 Å². The maximum Gasteiger partial charge on any atom is 0.191 e. The molecule has 1 saturated carbocycles. The Labute approximate surface area is 116 Å². The van der Waals surface area contributed by atoms with Gasteiger partial charge < -0.3 is 15.4 Å². The molecule has 0 heterocycles. The first-order valence-electron chi connectivity index (χ1n) is 5.77. The summed E-state index contributed by atoms with van der Waals surface area (Å²) >= 11 is 0. The molecule has 1 aliphatic carbocycles. The molecule has 0 bridgehead atoms. The summed E-state index contributed by atoms with van der Waals surface area (Å²) in [6.45, 7) is 1.69. The SMILES string of the molecule is COCCCCCN=C(N)N(C)C1CC1.I. The van der Waals surface area contributed by atoms with Crippen LogP contribution in [0.15, 0.2) is 4.99 Å². The number of rotatable bonds is 7. The number of nitrogens with zero attached hydrogens (tertiary/aromatic N) is 2. The van der Waals surface area contributed by atoms with E-state index in [1.54, 1.807) is 7.11 Å². The largest absolute Gasteiger partial charge is 0.385 e. The molecule has 0 aromatic heterocycles. The minimum atomic E-state index is 0. The zero-order valence-electron chi connectivity index (χ0n) is 10.3. The number of methoxy groups -OCH3 is 1. The van der Waals surface area contributed by atoms with Crippen molar-refractivity contribution >= 4 is 29.9 Å². The number of hydrogen-bond donors (Lipinski definition) is 1. The first-order valence-corrected chi connectivity index (χ1v) is 5.77. The highest BCUT2D eigenvalue weighted by atomic mass is 127. The van der Waals surface area contributed by atoms with Crippen LogP contribution in [0, 0.1) is 0 Å². The average molecular weight is 341 g/mol. The molecule has 0 spiro atoms. The maximum atomic E-state index is 5.85. The Bertz CT molecular complexity index is 207. The van der Waals surface area contributed by atoms with Crippen molar-refractivity contribution in [3.8, 4) is 0 Å². The fourth-order valence-electron chi connectivity index (χ4n) is 1.49. The van der Waals surface area contributed by atoms with E-state index in [2.05, 4.69) is 9.89 Å². The molecule has 0 saturated heterocycles. The van der Waals surface area contributed by atoms with E-state index >= 15 is 0 Å². The molecule has 0 radical (unpaired) electrons. The third-order valence-electron chi connectivity index (χ3n) is 2.74. The highest BCUT2D eigenvalue weighted by Gasteiger charge is 2.27. The van der Waals surface area contributed by atoms with Crippen LogP contribution in [0.5, 0.6) is 0 Å². The number of unbranched alkanes of at least 4 members (excludes halogenated alkanes) is 2. The number of hydrogen-bond acceptors (Lipinski definition) is 2. The van der Waals surface area contributed by atoms with Crippen LogP contribution in [-0.4, -0.2) is 44.2 Å². The molecule has 16 heavy (non-hydrogen) atoms. The van der Waals surface area contributed by atoms with Crippen LogP contribution in [0.2, 0.25) is 0 Å². The van der Waals surface area contributed by atoms with Gasteiger partial charge in [0.05, 0.1) is 0 Å². The molecule has 5 heteroatoms. The molecule has 1 fully saturated rings. The molecule has 0 aliphatic heterocycles. The summed E-state index contributed by atoms with van der Waals surface area (Å²) in [4.78, 5) is 6.45. The fourth-order valence-corrected chi connectivity index (χ4v) is 1.49. The number of guanidine groups is 1. The van der Waals surface area contributed by atoms with Gasteiger partial charge >= 0.3 is 0 Å². The second kappa shape index (κ2) is 9.04. The fraction of sp³-hybridized carbons (Fsp3) is 0.909. The molecular formula is C11H24IN3O. The molecule has 0 aromatic carbocycles. The lowest BCUT2D eigenvalue weighted by atomic mass is 10.2. The quantitative estimate of drug-likeness (QED) is 0.333. The summed E-state index contributed by atoms with van der Waals surface area (Å²) in [6.07, 6.45) is 5.91. The zero-order valence-corrected chi connectivity index (χ0v) is 12.6. The number of halogens is 1. The first kappa shape index (κ1) is 16.0. The Hall–Kier alpha value is -0.0400. The summed E-state index contributed by atoms with van der Waals surface area (Å²) in [7, 11) is 3.77. The highest BCUT2D eigenvalue weighted by Crippen LogP contribution is 2.24. The van der Waals surface area contributed by atoms with Crippen molar-refractivity contribution in [3.05, 3.63) is 0 Å². The lowest BCUT2D eigenvalue weighted by molar-refractivity contribution is 0.192. The van der Waals surface area contributed by atoms with Crippen LogP contribution in [0.25, 0.3) is 0 Å². The van der Waals surface area contributed by atoms with Gasteiger partial charge in [0.1, 0.15) is 0 Å². The number of ether oxygens (including phenoxy) is 1. The summed E-state index contributed by atoms with van der Waals surface area (Å²) in [6, 6.07) is 0.655. The van der Waals surface area contributed by atoms with Crippen molar-refractivity contribution in [1.82, 2.24) is 4.90 Å². The van der Waals surface area contributed by atoms with Gasteiger partial charge in [0.15, 0.2) is 5.96 Å². The lowest BCUT2D eigenvalue weighted by Crippen LogP contribution is -2.35. The van der Waals surface area contributed by atoms with Gasteiger partial charge in [-0.15, -0.1) is 24.0 Å². The third-order valence-corrected chi connectivity index (χ3v) is 2.74. The Morgan fingerprint density at radius 2 is 2.06 bits per heavy atom. The van der Waals surface area contributed by atoms with Gasteiger partial charge in [0, 0.05) is 33.4 Å². The third kappa shape index (κ3) is 6.52. The molecular weight excluding hydrogens is 317 g/mol. The van der Waals surface area contributed by atoms with Gasteiger partial charge in [-0.3, -0.25) is 4.99 Å². The second-order valence-electron chi connectivity index (χ2n) is 4.14. The number of nitrogens with two attached hydrogens (primary N) is 1. The van der Waals surface area contributed by atoms with Crippen LogP contribution >= 0.6 is 24.0 Å². The van der Waals surface area contributed by atoms with E-state index in [9.17, 15) is 0 Å². The minimum Gasteiger partial charge on any atom is -0.385 e. The van der Waals surface area contributed by atoms with Gasteiger partial charge in [0.2, 0.25) is 0 Å². The predicted molar refractivity (Wildman–Crippen MR) is 78.4 cm³/mol. The van der Waals surface area contributed by atoms with E-state index in [0.29, 0.717) is 12.0 Å². The van der Waals surface area contributed by atoms with E-state index in [1.165, 1.54) is 12.8 Å². The van der Waals surface area contributed by atoms with Crippen molar-refractivity contribution in [2.45, 2.75) is 38.1 Å². The van der Waals surface area contributed by atoms with Crippen molar-refractivity contribution in [2.24, 2.45) is 10.7 Å². The van der Waals surface area contributed by atoms with Crippen LogP contribution in [0.4, 0.5) is 0 Å². The summed E-state index contributed by atoms with van der Waals surface area (Å²) in [5, 5.41) is 0. The Kier molecular flexibility index (Phi) is 9.02. The summed E-state index contributed by atoms with van der Waals surface area (Å²) < 4.78 is 4.98. The van der Waals surface area contributed by atoms with Crippen molar-refractivity contribution in [2.75, 3.05) is 27.3 Å². The summed E-state index contributed by atoms with van der Waals surface area (Å²) in [5.74, 6) is 0.698. The Balaban J connectivity index is 0.00000225. The minimum absolute atomic E-state index is 0. The molecule has 0 aromatic rings. The van der Waals surface area contributed by atoms with Gasteiger partial charge in [-0.1, -0.05) is 0 Å². The molecule has 1 rings (SSSR count). The monoisotopic (exact) mass is 341 g/mol. The van der Waals surface area contributed by atoms with E-state index in [-0.39, 0.29) is 24.0 Å². The molecule has 0 atom stereocenters. The van der Waals surface area contributed by atoms with Gasteiger partial charge in [-0.25, -0.2) is 0 Å². The standard InChI is InChI=1S/C11H23N3O.HI/c1-14(10-6-7-10)11(12)13-8-4-3-5-9-15-2;/h10H,3-9H2,1-2H3,(H2,12,13);1H. The smallest absolute Gasteiger partial charge is 0.191 e. The van der Waals surface area contributed by atoms with Gasteiger partial charge in [0.25, 0.3) is 0 Å². The van der Waals surface area contributed by atoms with E-state index in [0.717, 1.165) is 32.4 Å². The predicted octanol–water partition coefficient (Wildman–Crippen LogP) is 1.83. The lowest BCUT2D eigenvalue weighted by Gasteiger charge is -2.16. The molecule has 2 N–H and O–H groups in total. The summed E-state index contributed by atoms with van der Waals surface area (Å²) in [5.41, 5.74) is 5.85. The molecule has 0 unspecified atom stereocenters. The second-order valence-corrected chi connectivity index (χ2v) is 4.14. The van der Waals surface area contributed by atoms with Crippen LogP contribution in [0.1, 0.15) is 32.1 Å². The number of aliphatic imine (C=N–C) groups is 1. The first-order chi connectivity index (χ1) is 7.25. The van der Waals surface area contributed by atoms with Crippen molar-refractivity contribution < 1.29 is 4.74 Å². The molecule has 1 aliphatic rings. The topological polar surface area (TPSA) is 50.9 Å². The van der Waals surface area contributed by atoms with Crippen LogP contribution < -0.4 is 5.73 Å². The highest BCUT2D eigenvalue weighted by molar-refractivity contribution is 14.0. The van der Waals surface area contributed by atoms with Gasteiger partial charge in [-0.05, 0) is 32.1 Å². The van der Waals surface area contributed by atoms with Crippen LogP contribution in [0.3, 0.4) is 0 Å². The molecule has 0 amide bonds. The van der Waals surface area contributed by atoms with E-state index in [1.807, 2.05) is 7.05 Å². The molecule has 4 nitrogen and oxygen atoms in total. The van der Waals surface area contributed by atoms with Crippen molar-refractivity contribution in [3.63, 3.8) is 0 Å². The Morgan fingerprint density at radius 1 is 1.38 bits per heavy atom. The van der Waals surface area contributed by atoms with Crippen LogP contribution in [-0.2, 0) is 4.74 Å². The van der Waals surface area contributed by atoms with Gasteiger partial charge in [-0.2, -0.15) is 0 Å². The van der Waals surface area contributed by atoms with Crippen molar-refractivity contribution in [1.29, 1.82) is 0 Å². The zero-order chi connectivity index (χ0) is 11.1.